The van der Waals surface area contributed by atoms with E-state index in [1.165, 1.54) is 12.1 Å². The average Bonchev–Trinajstić information content (AvgIpc) is 3.13. The van der Waals surface area contributed by atoms with E-state index in [2.05, 4.69) is 0 Å². The number of halogens is 3. The van der Waals surface area contributed by atoms with Crippen LogP contribution in [0.25, 0.3) is 0 Å². The Morgan fingerprint density at radius 2 is 1.67 bits per heavy atom. The highest BCUT2D eigenvalue weighted by Crippen LogP contribution is 2.63. The molecule has 2 fully saturated rings. The topological polar surface area (TPSA) is 71.8 Å². The number of aliphatic hydroxyl groups is 2. The Balaban J connectivity index is 1.57. The summed E-state index contributed by atoms with van der Waals surface area (Å²) in [4.78, 5) is 5.00. The van der Waals surface area contributed by atoms with E-state index in [1.807, 2.05) is 13.8 Å². The highest BCUT2D eigenvalue weighted by molar-refractivity contribution is 5.55. The molecule has 2 aromatic rings. The quantitative estimate of drug-likeness (QED) is 0.527. The zero-order valence-electron chi connectivity index (χ0n) is 20.6. The number of alkyl halides is 3. The van der Waals surface area contributed by atoms with Gasteiger partial charge in [-0.2, -0.15) is 13.2 Å². The van der Waals surface area contributed by atoms with Crippen LogP contribution in [0.1, 0.15) is 116 Å². The number of aromatic nitrogens is 1. The lowest BCUT2D eigenvalue weighted by atomic mass is 9.57. The summed E-state index contributed by atoms with van der Waals surface area (Å²) in [6.45, 7) is 5.02. The Kier molecular flexibility index (Phi) is 5.58. The molecule has 0 amide bonds. The van der Waals surface area contributed by atoms with Crippen LogP contribution in [0, 0.1) is 5.41 Å². The molecule has 1 aromatic carbocycles. The van der Waals surface area contributed by atoms with Crippen LogP contribution in [0.15, 0.2) is 24.3 Å². The minimum Gasteiger partial charge on any atom is -0.388 e. The molecule has 6 rings (SSSR count). The third-order valence-corrected chi connectivity index (χ3v) is 8.90. The van der Waals surface area contributed by atoms with E-state index in [-0.39, 0.29) is 11.3 Å². The molecular formula is C28H32F3NO4. The second-order valence-corrected chi connectivity index (χ2v) is 11.3. The van der Waals surface area contributed by atoms with Gasteiger partial charge in [0.1, 0.15) is 12.2 Å². The zero-order valence-corrected chi connectivity index (χ0v) is 20.6. The Morgan fingerprint density at radius 3 is 2.22 bits per heavy atom. The lowest BCUT2D eigenvalue weighted by Gasteiger charge is -2.51. The first-order valence-electron chi connectivity index (χ1n) is 12.9. The molecule has 1 unspecified atom stereocenters. The molecule has 0 radical (unpaired) electrons. The number of nitrogens with zero attached hydrogens (tertiary/aromatic N) is 1. The second kappa shape index (κ2) is 8.25. The fraction of sp³-hybridized carbons (Fsp3) is 0.607. The van der Waals surface area contributed by atoms with Gasteiger partial charge in [-0.1, -0.05) is 32.4 Å². The van der Waals surface area contributed by atoms with Crippen molar-refractivity contribution in [3.8, 4) is 0 Å². The van der Waals surface area contributed by atoms with Gasteiger partial charge in [-0.15, -0.1) is 0 Å². The van der Waals surface area contributed by atoms with Gasteiger partial charge in [-0.3, -0.25) is 4.98 Å². The maximum Gasteiger partial charge on any atom is 0.416 e. The van der Waals surface area contributed by atoms with Crippen molar-refractivity contribution in [2.24, 2.45) is 5.41 Å². The largest absolute Gasteiger partial charge is 0.416 e. The first-order valence-corrected chi connectivity index (χ1v) is 12.9. The van der Waals surface area contributed by atoms with Crippen LogP contribution in [0.3, 0.4) is 0 Å². The third-order valence-electron chi connectivity index (χ3n) is 8.90. The van der Waals surface area contributed by atoms with Crippen LogP contribution in [-0.2, 0) is 21.3 Å². The van der Waals surface area contributed by atoms with E-state index < -0.39 is 35.7 Å². The van der Waals surface area contributed by atoms with Crippen LogP contribution in [0.4, 0.5) is 13.2 Å². The lowest BCUT2D eigenvalue weighted by molar-refractivity contribution is -0.137. The smallest absolute Gasteiger partial charge is 0.388 e. The van der Waals surface area contributed by atoms with Crippen molar-refractivity contribution in [1.82, 2.24) is 4.98 Å². The van der Waals surface area contributed by atoms with E-state index in [1.54, 1.807) is 0 Å². The molecule has 2 aliphatic carbocycles. The van der Waals surface area contributed by atoms with Crippen LogP contribution in [0.2, 0.25) is 0 Å². The van der Waals surface area contributed by atoms with E-state index >= 15 is 0 Å². The fourth-order valence-corrected chi connectivity index (χ4v) is 6.88. The van der Waals surface area contributed by atoms with E-state index in [9.17, 15) is 23.4 Å². The number of hydrogen-bond acceptors (Lipinski definition) is 5. The number of pyridine rings is 1. The summed E-state index contributed by atoms with van der Waals surface area (Å²) in [6.07, 6.45) is -2.19. The summed E-state index contributed by atoms with van der Waals surface area (Å²) in [5, 5.41) is 23.0. The normalized spacial score (nSPS) is 28.3. The number of hydrogen-bond donors (Lipinski definition) is 2. The summed E-state index contributed by atoms with van der Waals surface area (Å²) in [5.74, 6) is -0.0109. The molecular weight excluding hydrogens is 471 g/mol. The number of fused-ring (bicyclic) bond motifs is 4. The molecule has 1 aromatic heterocycles. The lowest BCUT2D eigenvalue weighted by Crippen LogP contribution is -2.43. The molecule has 5 nitrogen and oxygen atoms in total. The predicted octanol–water partition coefficient (Wildman–Crippen LogP) is 5.99. The van der Waals surface area contributed by atoms with Gasteiger partial charge in [-0.05, 0) is 48.4 Å². The minimum absolute atomic E-state index is 0.0109. The summed E-state index contributed by atoms with van der Waals surface area (Å²) >= 11 is 0. The minimum atomic E-state index is -4.42. The van der Waals surface area contributed by atoms with Gasteiger partial charge in [0, 0.05) is 48.3 Å². The molecule has 2 aliphatic heterocycles. The molecule has 36 heavy (non-hydrogen) atoms. The van der Waals surface area contributed by atoms with E-state index in [0.717, 1.165) is 48.2 Å². The van der Waals surface area contributed by atoms with Crippen LogP contribution in [-0.4, -0.2) is 28.4 Å². The Bertz CT molecular complexity index is 1170. The summed E-state index contributed by atoms with van der Waals surface area (Å²) in [5.41, 5.74) is 2.54. The highest BCUT2D eigenvalue weighted by Gasteiger charge is 2.56. The van der Waals surface area contributed by atoms with Crippen molar-refractivity contribution in [1.29, 1.82) is 0 Å². The van der Waals surface area contributed by atoms with Gasteiger partial charge in [0.05, 0.1) is 23.0 Å². The van der Waals surface area contributed by atoms with Crippen molar-refractivity contribution in [2.75, 3.05) is 13.2 Å². The highest BCUT2D eigenvalue weighted by atomic mass is 19.4. The van der Waals surface area contributed by atoms with Gasteiger partial charge < -0.3 is 19.7 Å². The molecule has 0 bridgehead atoms. The second-order valence-electron chi connectivity index (χ2n) is 11.3. The molecule has 1 saturated heterocycles. The molecule has 2 spiro atoms. The van der Waals surface area contributed by atoms with Gasteiger partial charge in [0.25, 0.3) is 0 Å². The van der Waals surface area contributed by atoms with E-state index in [4.69, 9.17) is 14.5 Å². The molecule has 1 saturated carbocycles. The maximum atomic E-state index is 13.2. The number of rotatable bonds is 2. The molecule has 3 atom stereocenters. The third kappa shape index (κ3) is 3.48. The van der Waals surface area contributed by atoms with Crippen molar-refractivity contribution < 1.29 is 32.9 Å². The van der Waals surface area contributed by atoms with Crippen LogP contribution < -0.4 is 0 Å². The van der Waals surface area contributed by atoms with Crippen LogP contribution >= 0.6 is 0 Å². The van der Waals surface area contributed by atoms with Crippen molar-refractivity contribution in [3.05, 3.63) is 63.5 Å². The summed E-state index contributed by atoms with van der Waals surface area (Å²) < 4.78 is 52.2. The number of aliphatic hydroxyl groups excluding tert-OH is 2. The van der Waals surface area contributed by atoms with Crippen molar-refractivity contribution in [3.63, 3.8) is 0 Å². The summed E-state index contributed by atoms with van der Waals surface area (Å²) in [7, 11) is 0. The van der Waals surface area contributed by atoms with Gasteiger partial charge in [0.15, 0.2) is 0 Å². The predicted molar refractivity (Wildman–Crippen MR) is 125 cm³/mol. The summed E-state index contributed by atoms with van der Waals surface area (Å²) in [6, 6.07) is 5.14. The van der Waals surface area contributed by atoms with E-state index in [0.29, 0.717) is 49.3 Å². The first kappa shape index (κ1) is 24.3. The SMILES string of the molecule is CC(C)c1nc2c(c3c1[C@@H](c1ccc(C(F)(F)F)cc1)OC31CCOCC1)C(O)CC1(CCC1)[C@H]2O. The van der Waals surface area contributed by atoms with Crippen LogP contribution in [0.5, 0.6) is 0 Å². The monoisotopic (exact) mass is 503 g/mol. The van der Waals surface area contributed by atoms with Gasteiger partial charge in [0.2, 0.25) is 0 Å². The Labute approximate surface area is 208 Å². The Morgan fingerprint density at radius 1 is 1.00 bits per heavy atom. The standard InChI is InChI=1S/C28H32F3NO4/c1-15(2)22-20-21(19-18(33)14-26(8-3-9-26)25(34)23(19)32-22)27(10-12-35-13-11-27)36-24(20)16-4-6-17(7-5-16)28(29,30)31/h4-7,15,18,24-25,33-34H,3,8-14H2,1-2H3/t18?,24-,25+/m1/s1. The molecule has 4 aliphatic rings. The maximum absolute atomic E-state index is 13.2. The molecule has 2 N–H and O–H groups in total. The van der Waals surface area contributed by atoms with Crippen molar-refractivity contribution >= 4 is 0 Å². The Hall–Kier alpha value is -2.00. The zero-order chi connectivity index (χ0) is 25.5. The molecule has 8 heteroatoms. The van der Waals surface area contributed by atoms with Gasteiger partial charge in [-0.25, -0.2) is 0 Å². The van der Waals surface area contributed by atoms with Crippen molar-refractivity contribution in [2.45, 2.75) is 88.4 Å². The number of ether oxygens (including phenoxy) is 2. The average molecular weight is 504 g/mol. The van der Waals surface area contributed by atoms with Gasteiger partial charge >= 0.3 is 6.18 Å². The first-order chi connectivity index (χ1) is 17.1. The molecule has 3 heterocycles. The molecule has 194 valence electrons. The number of benzene rings is 1. The fourth-order valence-electron chi connectivity index (χ4n) is 6.88.